The molecule has 5 nitrogen and oxygen atoms in total. The van der Waals surface area contributed by atoms with Crippen molar-refractivity contribution in [2.45, 2.75) is 19.9 Å². The maximum atomic E-state index is 12.5. The van der Waals surface area contributed by atoms with Crippen LogP contribution in [-0.4, -0.2) is 62.1 Å². The van der Waals surface area contributed by atoms with E-state index in [9.17, 15) is 4.79 Å². The fourth-order valence-electron chi connectivity index (χ4n) is 2.53. The predicted octanol–water partition coefficient (Wildman–Crippen LogP) is 1.58. The zero-order chi connectivity index (χ0) is 15.4. The quantitative estimate of drug-likeness (QED) is 0.915. The van der Waals surface area contributed by atoms with Crippen molar-refractivity contribution in [2.75, 3.05) is 45.7 Å². The molecule has 1 heterocycles. The third-order valence-electron chi connectivity index (χ3n) is 4.08. The Morgan fingerprint density at radius 3 is 2.57 bits per heavy atom. The van der Waals surface area contributed by atoms with Gasteiger partial charge in [0.05, 0.1) is 18.8 Å². The Balaban J connectivity index is 2.02. The highest BCUT2D eigenvalue weighted by atomic mass is 16.5. The third kappa shape index (κ3) is 3.95. The number of anilines is 1. The van der Waals surface area contributed by atoms with Crippen LogP contribution in [0.1, 0.15) is 12.5 Å². The zero-order valence-corrected chi connectivity index (χ0v) is 13.3. The van der Waals surface area contributed by atoms with Crippen molar-refractivity contribution in [1.29, 1.82) is 0 Å². The predicted molar refractivity (Wildman–Crippen MR) is 84.9 cm³/mol. The Hall–Kier alpha value is -1.59. The summed E-state index contributed by atoms with van der Waals surface area (Å²) in [5.41, 5.74) is 1.84. The maximum Gasteiger partial charge on any atom is 0.241 e. The van der Waals surface area contributed by atoms with E-state index in [1.54, 1.807) is 7.11 Å². The summed E-state index contributed by atoms with van der Waals surface area (Å²) < 4.78 is 5.31. The van der Waals surface area contributed by atoms with E-state index in [1.807, 2.05) is 32.0 Å². The van der Waals surface area contributed by atoms with Crippen molar-refractivity contribution >= 4 is 11.6 Å². The van der Waals surface area contributed by atoms with Crippen molar-refractivity contribution < 1.29 is 9.53 Å². The van der Waals surface area contributed by atoms with Gasteiger partial charge in [-0.3, -0.25) is 9.69 Å². The molecule has 0 bridgehead atoms. The maximum absolute atomic E-state index is 12.5. The van der Waals surface area contributed by atoms with Gasteiger partial charge in [0.1, 0.15) is 5.75 Å². The Labute approximate surface area is 126 Å². The number of rotatable bonds is 4. The highest BCUT2D eigenvalue weighted by molar-refractivity contribution is 5.95. The Kier molecular flexibility index (Phi) is 5.20. The average molecular weight is 291 g/mol. The monoisotopic (exact) mass is 291 g/mol. The van der Waals surface area contributed by atoms with Crippen molar-refractivity contribution in [3.63, 3.8) is 0 Å². The summed E-state index contributed by atoms with van der Waals surface area (Å²) in [4.78, 5) is 17.0. The number of hydrogen-bond acceptors (Lipinski definition) is 4. The van der Waals surface area contributed by atoms with Crippen molar-refractivity contribution in [2.24, 2.45) is 0 Å². The lowest BCUT2D eigenvalue weighted by Crippen LogP contribution is -2.51. The standard InChI is InChI=1S/C16H25N3O2/c1-12-5-6-15(21-4)14(11-12)17-16(20)13(2)19-9-7-18(3)8-10-19/h5-6,11,13H,7-10H2,1-4H3,(H,17,20)/t13-/m1/s1. The molecule has 1 saturated heterocycles. The smallest absolute Gasteiger partial charge is 0.241 e. The lowest BCUT2D eigenvalue weighted by atomic mass is 10.1. The Morgan fingerprint density at radius 1 is 1.29 bits per heavy atom. The lowest BCUT2D eigenvalue weighted by Gasteiger charge is -2.35. The number of carbonyl (C=O) groups excluding carboxylic acids is 1. The number of benzene rings is 1. The Bertz CT molecular complexity index is 496. The third-order valence-corrected chi connectivity index (χ3v) is 4.08. The zero-order valence-electron chi connectivity index (χ0n) is 13.3. The van der Waals surface area contributed by atoms with E-state index in [0.29, 0.717) is 5.75 Å². The van der Waals surface area contributed by atoms with Gasteiger partial charge in [-0.05, 0) is 38.6 Å². The van der Waals surface area contributed by atoms with Crippen LogP contribution in [-0.2, 0) is 4.79 Å². The molecule has 1 aromatic rings. The number of piperazine rings is 1. The summed E-state index contributed by atoms with van der Waals surface area (Å²) in [6.45, 7) is 7.82. The van der Waals surface area contributed by atoms with Gasteiger partial charge in [0.25, 0.3) is 0 Å². The lowest BCUT2D eigenvalue weighted by molar-refractivity contribution is -0.121. The van der Waals surface area contributed by atoms with Gasteiger partial charge in [-0.25, -0.2) is 0 Å². The molecule has 116 valence electrons. The number of aryl methyl sites for hydroxylation is 1. The number of hydrogen-bond donors (Lipinski definition) is 1. The van der Waals surface area contributed by atoms with Crippen molar-refractivity contribution in [3.8, 4) is 5.75 Å². The minimum atomic E-state index is -0.135. The molecule has 0 radical (unpaired) electrons. The number of carbonyl (C=O) groups is 1. The van der Waals surface area contributed by atoms with Crippen LogP contribution in [0.2, 0.25) is 0 Å². The number of likely N-dealkylation sites (N-methyl/N-ethyl adjacent to an activating group) is 1. The fraction of sp³-hybridized carbons (Fsp3) is 0.562. The summed E-state index contributed by atoms with van der Waals surface area (Å²) >= 11 is 0. The van der Waals surface area contributed by atoms with E-state index in [1.165, 1.54) is 0 Å². The molecule has 1 aliphatic heterocycles. The molecule has 0 spiro atoms. The van der Waals surface area contributed by atoms with Gasteiger partial charge in [-0.2, -0.15) is 0 Å². The molecule has 21 heavy (non-hydrogen) atoms. The Morgan fingerprint density at radius 2 is 1.95 bits per heavy atom. The highest BCUT2D eigenvalue weighted by Crippen LogP contribution is 2.25. The first-order valence-electron chi connectivity index (χ1n) is 7.39. The van der Waals surface area contributed by atoms with Crippen molar-refractivity contribution in [3.05, 3.63) is 23.8 Å². The molecule has 1 aliphatic rings. The van der Waals surface area contributed by atoms with Crippen molar-refractivity contribution in [1.82, 2.24) is 9.80 Å². The van der Waals surface area contributed by atoms with Gasteiger partial charge in [0.15, 0.2) is 0 Å². The second kappa shape index (κ2) is 6.91. The van der Waals surface area contributed by atoms with Crippen LogP contribution in [0.3, 0.4) is 0 Å². The normalized spacial score (nSPS) is 18.3. The number of methoxy groups -OCH3 is 1. The molecule has 0 saturated carbocycles. The van der Waals surface area contributed by atoms with E-state index in [2.05, 4.69) is 22.2 Å². The largest absolute Gasteiger partial charge is 0.495 e. The number of nitrogens with zero attached hydrogens (tertiary/aromatic N) is 2. The van der Waals surface area contributed by atoms with Gasteiger partial charge < -0.3 is 15.0 Å². The van der Waals surface area contributed by atoms with Crippen LogP contribution in [0.5, 0.6) is 5.75 Å². The number of nitrogens with one attached hydrogen (secondary N) is 1. The van der Waals surface area contributed by atoms with Crippen LogP contribution < -0.4 is 10.1 Å². The number of ether oxygens (including phenoxy) is 1. The van der Waals surface area contributed by atoms with Crippen LogP contribution in [0.25, 0.3) is 0 Å². The topological polar surface area (TPSA) is 44.8 Å². The molecular weight excluding hydrogens is 266 g/mol. The van der Waals surface area contributed by atoms with Crippen LogP contribution in [0, 0.1) is 6.92 Å². The summed E-state index contributed by atoms with van der Waals surface area (Å²) in [6.07, 6.45) is 0. The fourth-order valence-corrected chi connectivity index (χ4v) is 2.53. The van der Waals surface area contributed by atoms with E-state index < -0.39 is 0 Å². The van der Waals surface area contributed by atoms with Gasteiger partial charge >= 0.3 is 0 Å². The summed E-state index contributed by atoms with van der Waals surface area (Å²) in [5.74, 6) is 0.711. The first-order chi connectivity index (χ1) is 10.0. The van der Waals surface area contributed by atoms with Gasteiger partial charge in [-0.15, -0.1) is 0 Å². The summed E-state index contributed by atoms with van der Waals surface area (Å²) in [5, 5.41) is 2.99. The number of amides is 1. The van der Waals surface area contributed by atoms with E-state index >= 15 is 0 Å². The van der Waals surface area contributed by atoms with Crippen LogP contribution in [0.4, 0.5) is 5.69 Å². The average Bonchev–Trinajstić information content (AvgIpc) is 2.47. The van der Waals surface area contributed by atoms with E-state index in [-0.39, 0.29) is 11.9 Å². The SMILES string of the molecule is COc1ccc(C)cc1NC(=O)[C@@H](C)N1CCN(C)CC1. The molecule has 0 aliphatic carbocycles. The second-order valence-electron chi connectivity index (χ2n) is 5.71. The molecular formula is C16H25N3O2. The molecule has 1 atom stereocenters. The van der Waals surface area contributed by atoms with E-state index in [0.717, 1.165) is 37.4 Å². The second-order valence-corrected chi connectivity index (χ2v) is 5.71. The molecule has 0 aromatic heterocycles. The summed E-state index contributed by atoms with van der Waals surface area (Å²) in [6, 6.07) is 5.65. The minimum absolute atomic E-state index is 0.0171. The van der Waals surface area contributed by atoms with Crippen LogP contribution in [0.15, 0.2) is 18.2 Å². The minimum Gasteiger partial charge on any atom is -0.495 e. The van der Waals surface area contributed by atoms with Gasteiger partial charge in [0.2, 0.25) is 5.91 Å². The van der Waals surface area contributed by atoms with Crippen LogP contribution >= 0.6 is 0 Å². The van der Waals surface area contributed by atoms with E-state index in [4.69, 9.17) is 4.74 Å². The van der Waals surface area contributed by atoms with Gasteiger partial charge in [-0.1, -0.05) is 6.07 Å². The molecule has 0 unspecified atom stereocenters. The van der Waals surface area contributed by atoms with Gasteiger partial charge in [0, 0.05) is 26.2 Å². The molecule has 1 amide bonds. The molecule has 5 heteroatoms. The molecule has 2 rings (SSSR count). The summed E-state index contributed by atoms with van der Waals surface area (Å²) in [7, 11) is 3.73. The first kappa shape index (κ1) is 15.8. The molecule has 1 aromatic carbocycles. The highest BCUT2D eigenvalue weighted by Gasteiger charge is 2.24. The molecule has 1 N–H and O–H groups in total. The first-order valence-corrected chi connectivity index (χ1v) is 7.39. The molecule has 1 fully saturated rings.